The van der Waals surface area contributed by atoms with Crippen molar-refractivity contribution in [1.82, 2.24) is 10.4 Å². The number of nitrogens with one attached hydrogen (secondary N) is 1. The van der Waals surface area contributed by atoms with E-state index in [0.29, 0.717) is 10.7 Å². The second-order valence-corrected chi connectivity index (χ2v) is 7.95. The van der Waals surface area contributed by atoms with E-state index in [1.807, 2.05) is 0 Å². The summed E-state index contributed by atoms with van der Waals surface area (Å²) in [6, 6.07) is 6.19. The number of carbonyl (C=O) groups excluding carboxylic acids is 2. The first-order chi connectivity index (χ1) is 12.8. The zero-order valence-corrected chi connectivity index (χ0v) is 17.1. The fourth-order valence-electron chi connectivity index (χ4n) is 1.98. The van der Waals surface area contributed by atoms with E-state index >= 15 is 0 Å². The minimum Gasteiger partial charge on any atom is -0.482 e. The predicted octanol–water partition coefficient (Wildman–Crippen LogP) is 4.55. The van der Waals surface area contributed by atoms with Crippen molar-refractivity contribution >= 4 is 81.0 Å². The van der Waals surface area contributed by atoms with Crippen LogP contribution in [0.25, 0.3) is 6.08 Å². The molecule has 1 N–H and O–H groups in total. The van der Waals surface area contributed by atoms with Gasteiger partial charge < -0.3 is 9.15 Å². The van der Waals surface area contributed by atoms with Gasteiger partial charge in [0, 0.05) is 12.1 Å². The van der Waals surface area contributed by atoms with Crippen LogP contribution in [0.2, 0.25) is 15.1 Å². The van der Waals surface area contributed by atoms with Crippen LogP contribution in [0.1, 0.15) is 5.76 Å². The van der Waals surface area contributed by atoms with Crippen molar-refractivity contribution in [1.29, 1.82) is 0 Å². The number of amides is 2. The van der Waals surface area contributed by atoms with Crippen LogP contribution in [0.3, 0.4) is 0 Å². The predicted molar refractivity (Wildman–Crippen MR) is 109 cm³/mol. The summed E-state index contributed by atoms with van der Waals surface area (Å²) in [5.41, 5.74) is 2.39. The Balaban J connectivity index is 1.62. The Labute approximate surface area is 178 Å². The van der Waals surface area contributed by atoms with Gasteiger partial charge in [-0.15, -0.1) is 0 Å². The van der Waals surface area contributed by atoms with Gasteiger partial charge in [-0.05, 0) is 30.4 Å². The molecule has 3 rings (SSSR count). The van der Waals surface area contributed by atoms with Crippen LogP contribution in [-0.4, -0.2) is 27.8 Å². The highest BCUT2D eigenvalue weighted by atomic mass is 35.5. The van der Waals surface area contributed by atoms with E-state index in [9.17, 15) is 9.59 Å². The van der Waals surface area contributed by atoms with Crippen molar-refractivity contribution in [2.45, 2.75) is 0 Å². The number of nitrogens with zero attached hydrogens (tertiary/aromatic N) is 1. The smallest absolute Gasteiger partial charge is 0.285 e. The quantitative estimate of drug-likeness (QED) is 0.398. The molecule has 11 heteroatoms. The lowest BCUT2D eigenvalue weighted by atomic mass is 10.3. The van der Waals surface area contributed by atoms with Crippen LogP contribution in [0.4, 0.5) is 0 Å². The molecule has 0 aliphatic carbocycles. The zero-order valence-electron chi connectivity index (χ0n) is 13.2. The summed E-state index contributed by atoms with van der Waals surface area (Å²) in [5.74, 6) is -0.390. The SMILES string of the molecule is O=C(COc1cc(Cl)c(Cl)cc1Cl)NN1C(=O)/C(=C/c2ccco2)SC1=S. The molecule has 0 radical (unpaired) electrons. The second-order valence-electron chi connectivity index (χ2n) is 5.05. The van der Waals surface area contributed by atoms with Crippen LogP contribution < -0.4 is 10.2 Å². The lowest BCUT2D eigenvalue weighted by Crippen LogP contribution is -2.46. The van der Waals surface area contributed by atoms with Crippen molar-refractivity contribution < 1.29 is 18.7 Å². The topological polar surface area (TPSA) is 71.8 Å². The minimum atomic E-state index is -0.604. The molecule has 0 saturated carbocycles. The molecule has 1 aromatic heterocycles. The van der Waals surface area contributed by atoms with Crippen molar-refractivity contribution in [3.63, 3.8) is 0 Å². The molecule has 1 saturated heterocycles. The lowest BCUT2D eigenvalue weighted by molar-refractivity contribution is -0.134. The Hall–Kier alpha value is -1.71. The molecule has 0 atom stereocenters. The van der Waals surface area contributed by atoms with Gasteiger partial charge in [0.1, 0.15) is 11.5 Å². The highest BCUT2D eigenvalue weighted by molar-refractivity contribution is 8.26. The molecule has 2 heterocycles. The number of hydrazine groups is 1. The van der Waals surface area contributed by atoms with Crippen LogP contribution in [0.5, 0.6) is 5.75 Å². The molecular weight excluding hydrogens is 455 g/mol. The van der Waals surface area contributed by atoms with Gasteiger partial charge in [-0.25, -0.2) is 0 Å². The first-order valence-corrected chi connectivity index (χ1v) is 9.59. The van der Waals surface area contributed by atoms with Gasteiger partial charge >= 0.3 is 0 Å². The van der Waals surface area contributed by atoms with Crippen LogP contribution >= 0.6 is 58.8 Å². The summed E-state index contributed by atoms with van der Waals surface area (Å²) in [7, 11) is 0. The number of halogens is 3. The Bertz CT molecular complexity index is 947. The number of hydrogen-bond acceptors (Lipinski definition) is 6. The molecule has 140 valence electrons. The molecule has 2 aromatic rings. The van der Waals surface area contributed by atoms with Crippen LogP contribution in [-0.2, 0) is 9.59 Å². The lowest BCUT2D eigenvalue weighted by Gasteiger charge is -2.16. The van der Waals surface area contributed by atoms with Crippen molar-refractivity contribution in [3.05, 3.63) is 56.3 Å². The first kappa shape index (κ1) is 20.0. The van der Waals surface area contributed by atoms with E-state index < -0.39 is 18.4 Å². The van der Waals surface area contributed by atoms with Gasteiger partial charge in [0.2, 0.25) is 0 Å². The molecule has 6 nitrogen and oxygen atoms in total. The number of thioether (sulfide) groups is 1. The minimum absolute atomic E-state index is 0.179. The van der Waals surface area contributed by atoms with E-state index in [0.717, 1.165) is 16.8 Å². The Morgan fingerprint density at radius 1 is 1.30 bits per heavy atom. The Morgan fingerprint density at radius 2 is 2.04 bits per heavy atom. The summed E-state index contributed by atoms with van der Waals surface area (Å²) in [4.78, 5) is 24.8. The molecule has 1 aliphatic heterocycles. The maximum Gasteiger partial charge on any atom is 0.285 e. The highest BCUT2D eigenvalue weighted by Crippen LogP contribution is 2.34. The molecule has 0 spiro atoms. The summed E-state index contributed by atoms with van der Waals surface area (Å²) in [5, 5.41) is 1.66. The molecule has 1 fully saturated rings. The largest absolute Gasteiger partial charge is 0.482 e. The molecule has 0 unspecified atom stereocenters. The Morgan fingerprint density at radius 3 is 2.74 bits per heavy atom. The number of ether oxygens (including phenoxy) is 1. The van der Waals surface area contributed by atoms with E-state index in [2.05, 4.69) is 5.43 Å². The van der Waals surface area contributed by atoms with E-state index in [4.69, 9.17) is 56.2 Å². The zero-order chi connectivity index (χ0) is 19.6. The fraction of sp³-hybridized carbons (Fsp3) is 0.0625. The maximum atomic E-state index is 12.4. The van der Waals surface area contributed by atoms with Crippen molar-refractivity contribution in [2.75, 3.05) is 6.61 Å². The van der Waals surface area contributed by atoms with Crippen molar-refractivity contribution in [2.24, 2.45) is 0 Å². The third-order valence-electron chi connectivity index (χ3n) is 3.18. The molecule has 27 heavy (non-hydrogen) atoms. The highest BCUT2D eigenvalue weighted by Gasteiger charge is 2.33. The van der Waals surface area contributed by atoms with E-state index in [1.54, 1.807) is 12.1 Å². The van der Waals surface area contributed by atoms with Crippen molar-refractivity contribution in [3.8, 4) is 5.75 Å². The number of benzene rings is 1. The number of furan rings is 1. The van der Waals surface area contributed by atoms with Crippen LogP contribution in [0, 0.1) is 0 Å². The van der Waals surface area contributed by atoms with Gasteiger partial charge in [-0.3, -0.25) is 15.0 Å². The molecule has 0 bridgehead atoms. The molecular formula is C16H9Cl3N2O4S2. The van der Waals surface area contributed by atoms with Gasteiger partial charge in [-0.1, -0.05) is 46.6 Å². The average molecular weight is 464 g/mol. The van der Waals surface area contributed by atoms with E-state index in [1.165, 1.54) is 24.5 Å². The number of carbonyl (C=O) groups is 2. The first-order valence-electron chi connectivity index (χ1n) is 7.23. The van der Waals surface area contributed by atoms with Gasteiger partial charge in [0.25, 0.3) is 11.8 Å². The molecule has 1 aromatic carbocycles. The number of thiocarbonyl (C=S) groups is 1. The Kier molecular flexibility index (Phi) is 6.33. The van der Waals surface area contributed by atoms with Gasteiger partial charge in [0.15, 0.2) is 10.9 Å². The fourth-order valence-corrected chi connectivity index (χ4v) is 3.73. The van der Waals surface area contributed by atoms with Gasteiger partial charge in [0.05, 0.1) is 26.2 Å². The monoisotopic (exact) mass is 462 g/mol. The third kappa shape index (κ3) is 4.77. The average Bonchev–Trinajstić information content (AvgIpc) is 3.21. The van der Waals surface area contributed by atoms with E-state index in [-0.39, 0.29) is 25.1 Å². The molecule has 2 amide bonds. The second kappa shape index (κ2) is 8.53. The molecule has 1 aliphatic rings. The standard InChI is InChI=1S/C16H9Cl3N2O4S2/c17-9-5-11(19)12(6-10(9)18)25-7-14(22)20-21-15(23)13(27-16(21)26)4-8-2-1-3-24-8/h1-6H,7H2,(H,20,22)/b13-4-. The van der Waals surface area contributed by atoms with Gasteiger partial charge in [-0.2, -0.15) is 5.01 Å². The van der Waals surface area contributed by atoms with Crippen LogP contribution in [0.15, 0.2) is 39.9 Å². The number of hydrogen-bond donors (Lipinski definition) is 1. The summed E-state index contributed by atoms with van der Waals surface area (Å²) >= 11 is 23.9. The summed E-state index contributed by atoms with van der Waals surface area (Å²) < 4.78 is 10.7. The summed E-state index contributed by atoms with van der Waals surface area (Å²) in [6.45, 7) is -0.411. The normalized spacial score (nSPS) is 15.5. The third-order valence-corrected chi connectivity index (χ3v) is 5.50. The maximum absolute atomic E-state index is 12.4. The number of rotatable bonds is 5. The summed E-state index contributed by atoms with van der Waals surface area (Å²) in [6.07, 6.45) is 3.03.